The molecule has 1 aromatic heterocycles. The Morgan fingerprint density at radius 1 is 1.42 bits per heavy atom. The summed E-state index contributed by atoms with van der Waals surface area (Å²) in [4.78, 5) is 11.2. The van der Waals surface area contributed by atoms with Crippen LogP contribution < -0.4 is 16.0 Å². The molecule has 2 rings (SSSR count). The summed E-state index contributed by atoms with van der Waals surface area (Å²) in [6.45, 7) is 3.19. The number of rotatable bonds is 5. The van der Waals surface area contributed by atoms with E-state index in [1.807, 2.05) is 17.8 Å². The van der Waals surface area contributed by atoms with Crippen molar-refractivity contribution < 1.29 is 9.53 Å². The molecule has 0 saturated carbocycles. The second-order valence-corrected chi connectivity index (χ2v) is 4.13. The van der Waals surface area contributed by atoms with Gasteiger partial charge in [-0.2, -0.15) is 5.10 Å². The van der Waals surface area contributed by atoms with Gasteiger partial charge in [0.1, 0.15) is 12.4 Å². The van der Waals surface area contributed by atoms with Crippen LogP contribution in [-0.4, -0.2) is 22.3 Å². The van der Waals surface area contributed by atoms with Crippen LogP contribution in [-0.2, 0) is 6.54 Å². The van der Waals surface area contributed by atoms with E-state index < -0.39 is 0 Å². The average molecular weight is 260 g/mol. The molecule has 0 bridgehead atoms. The Hall–Kier alpha value is -2.34. The lowest BCUT2D eigenvalue weighted by atomic mass is 10.2. The van der Waals surface area contributed by atoms with Crippen molar-refractivity contribution in [3.8, 4) is 5.75 Å². The van der Waals surface area contributed by atoms with Gasteiger partial charge in [0.05, 0.1) is 12.7 Å². The molecular formula is C13H16N4O2. The van der Waals surface area contributed by atoms with Crippen molar-refractivity contribution in [3.63, 3.8) is 0 Å². The third-order valence-corrected chi connectivity index (χ3v) is 2.60. The van der Waals surface area contributed by atoms with Gasteiger partial charge in [0.2, 0.25) is 0 Å². The summed E-state index contributed by atoms with van der Waals surface area (Å²) in [5.74, 6) is 5.43. The second kappa shape index (κ2) is 6.01. The fraction of sp³-hybridized carbons (Fsp3) is 0.231. The molecule has 2 aromatic rings. The molecule has 1 amide bonds. The number of benzene rings is 1. The van der Waals surface area contributed by atoms with Crippen LogP contribution in [0, 0.1) is 6.92 Å². The maximum Gasteiger partial charge on any atom is 0.265 e. The van der Waals surface area contributed by atoms with E-state index in [0.717, 1.165) is 5.56 Å². The lowest BCUT2D eigenvalue weighted by Crippen LogP contribution is -2.29. The molecule has 3 N–H and O–H groups in total. The SMILES string of the molecule is Cc1cnn(CCOc2ccc(C(=O)NN)cc2)c1. The van der Waals surface area contributed by atoms with Gasteiger partial charge >= 0.3 is 0 Å². The van der Waals surface area contributed by atoms with Crippen LogP contribution in [0.5, 0.6) is 5.75 Å². The highest BCUT2D eigenvalue weighted by Crippen LogP contribution is 2.12. The van der Waals surface area contributed by atoms with Crippen molar-refractivity contribution in [2.24, 2.45) is 5.84 Å². The van der Waals surface area contributed by atoms with Gasteiger partial charge in [-0.3, -0.25) is 14.9 Å². The minimum absolute atomic E-state index is 0.321. The number of nitrogens with two attached hydrogens (primary N) is 1. The van der Waals surface area contributed by atoms with Crippen molar-refractivity contribution >= 4 is 5.91 Å². The van der Waals surface area contributed by atoms with Crippen LogP contribution in [0.4, 0.5) is 0 Å². The molecule has 0 atom stereocenters. The van der Waals surface area contributed by atoms with Gasteiger partial charge in [-0.05, 0) is 36.8 Å². The lowest BCUT2D eigenvalue weighted by Gasteiger charge is -2.07. The largest absolute Gasteiger partial charge is 0.492 e. The summed E-state index contributed by atoms with van der Waals surface area (Å²) in [5.41, 5.74) is 3.70. The summed E-state index contributed by atoms with van der Waals surface area (Å²) in [5, 5.41) is 4.17. The zero-order valence-electron chi connectivity index (χ0n) is 10.7. The first-order chi connectivity index (χ1) is 9.19. The van der Waals surface area contributed by atoms with Crippen LogP contribution in [0.15, 0.2) is 36.7 Å². The Kier molecular flexibility index (Phi) is 4.15. The number of aryl methyl sites for hydroxylation is 1. The molecule has 19 heavy (non-hydrogen) atoms. The van der Waals surface area contributed by atoms with E-state index in [9.17, 15) is 4.79 Å². The van der Waals surface area contributed by atoms with E-state index in [1.54, 1.807) is 30.5 Å². The zero-order valence-corrected chi connectivity index (χ0v) is 10.7. The molecule has 6 heteroatoms. The Bertz CT molecular complexity index is 548. The summed E-state index contributed by atoms with van der Waals surface area (Å²) < 4.78 is 7.39. The molecule has 0 saturated heterocycles. The van der Waals surface area contributed by atoms with Gasteiger partial charge in [0, 0.05) is 11.8 Å². The zero-order chi connectivity index (χ0) is 13.7. The van der Waals surface area contributed by atoms with Crippen LogP contribution in [0.25, 0.3) is 0 Å². The maximum atomic E-state index is 11.2. The molecule has 0 aliphatic rings. The first kappa shape index (κ1) is 13.1. The molecule has 100 valence electrons. The third kappa shape index (κ3) is 3.56. The Balaban J connectivity index is 1.84. The van der Waals surface area contributed by atoms with Crippen molar-refractivity contribution in [2.75, 3.05) is 6.61 Å². The van der Waals surface area contributed by atoms with E-state index in [2.05, 4.69) is 10.5 Å². The average Bonchev–Trinajstić information content (AvgIpc) is 2.84. The Labute approximate surface area is 111 Å². The van der Waals surface area contributed by atoms with Crippen LogP contribution in [0.2, 0.25) is 0 Å². The number of hydrogen-bond donors (Lipinski definition) is 2. The fourth-order valence-corrected chi connectivity index (χ4v) is 1.63. The predicted octanol–water partition coefficient (Wildman–Crippen LogP) is 0.874. The number of aromatic nitrogens is 2. The highest BCUT2D eigenvalue weighted by Gasteiger charge is 2.03. The normalized spacial score (nSPS) is 10.2. The molecule has 0 fully saturated rings. The van der Waals surface area contributed by atoms with Crippen LogP contribution >= 0.6 is 0 Å². The van der Waals surface area contributed by atoms with E-state index in [1.165, 1.54) is 0 Å². The Morgan fingerprint density at radius 3 is 2.74 bits per heavy atom. The topological polar surface area (TPSA) is 82.2 Å². The van der Waals surface area contributed by atoms with Gasteiger partial charge in [-0.1, -0.05) is 0 Å². The molecule has 1 aromatic carbocycles. The number of nitrogens with one attached hydrogen (secondary N) is 1. The minimum atomic E-state index is -0.321. The maximum absolute atomic E-state index is 11.2. The number of nitrogens with zero attached hydrogens (tertiary/aromatic N) is 2. The number of hydrogen-bond acceptors (Lipinski definition) is 4. The molecule has 0 aliphatic heterocycles. The number of ether oxygens (including phenoxy) is 1. The van der Waals surface area contributed by atoms with Gasteiger partial charge in [0.25, 0.3) is 5.91 Å². The number of hydrazine groups is 1. The van der Waals surface area contributed by atoms with Crippen molar-refractivity contribution in [3.05, 3.63) is 47.8 Å². The van der Waals surface area contributed by atoms with Crippen molar-refractivity contribution in [1.82, 2.24) is 15.2 Å². The van der Waals surface area contributed by atoms with Gasteiger partial charge in [0.15, 0.2) is 0 Å². The van der Waals surface area contributed by atoms with E-state index in [4.69, 9.17) is 10.6 Å². The first-order valence-electron chi connectivity index (χ1n) is 5.92. The summed E-state index contributed by atoms with van der Waals surface area (Å²) in [6, 6.07) is 6.79. The highest BCUT2D eigenvalue weighted by atomic mass is 16.5. The summed E-state index contributed by atoms with van der Waals surface area (Å²) >= 11 is 0. The van der Waals surface area contributed by atoms with Gasteiger partial charge < -0.3 is 4.74 Å². The highest BCUT2D eigenvalue weighted by molar-refractivity contribution is 5.93. The predicted molar refractivity (Wildman–Crippen MR) is 70.6 cm³/mol. The number of amides is 1. The molecule has 0 aliphatic carbocycles. The van der Waals surface area contributed by atoms with Gasteiger partial charge in [-0.25, -0.2) is 5.84 Å². The third-order valence-electron chi connectivity index (χ3n) is 2.60. The number of carbonyl (C=O) groups excluding carboxylic acids is 1. The second-order valence-electron chi connectivity index (χ2n) is 4.13. The lowest BCUT2D eigenvalue weighted by molar-refractivity contribution is 0.0953. The van der Waals surface area contributed by atoms with E-state index in [0.29, 0.717) is 24.5 Å². The monoisotopic (exact) mass is 260 g/mol. The number of nitrogen functional groups attached to an aromatic ring is 1. The van der Waals surface area contributed by atoms with Crippen molar-refractivity contribution in [1.29, 1.82) is 0 Å². The van der Waals surface area contributed by atoms with Crippen LogP contribution in [0.3, 0.4) is 0 Å². The molecule has 0 unspecified atom stereocenters. The summed E-state index contributed by atoms with van der Waals surface area (Å²) in [6.07, 6.45) is 3.76. The van der Waals surface area contributed by atoms with Gasteiger partial charge in [-0.15, -0.1) is 0 Å². The molecule has 0 radical (unpaired) electrons. The quantitative estimate of drug-likeness (QED) is 0.475. The summed E-state index contributed by atoms with van der Waals surface area (Å²) in [7, 11) is 0. The Morgan fingerprint density at radius 2 is 2.16 bits per heavy atom. The van der Waals surface area contributed by atoms with Crippen LogP contribution in [0.1, 0.15) is 15.9 Å². The molecule has 6 nitrogen and oxygen atoms in total. The fourth-order valence-electron chi connectivity index (χ4n) is 1.63. The number of carbonyl (C=O) groups is 1. The minimum Gasteiger partial charge on any atom is -0.492 e. The van der Waals surface area contributed by atoms with E-state index in [-0.39, 0.29) is 5.91 Å². The standard InChI is InChI=1S/C13H16N4O2/c1-10-8-15-17(9-10)6-7-19-12-4-2-11(3-5-12)13(18)16-14/h2-5,8-9H,6-7,14H2,1H3,(H,16,18). The first-order valence-corrected chi connectivity index (χ1v) is 5.92. The van der Waals surface area contributed by atoms with E-state index >= 15 is 0 Å². The molecule has 0 spiro atoms. The molecular weight excluding hydrogens is 244 g/mol. The molecule has 1 heterocycles. The smallest absolute Gasteiger partial charge is 0.265 e. The van der Waals surface area contributed by atoms with Crippen molar-refractivity contribution in [2.45, 2.75) is 13.5 Å².